The maximum absolute atomic E-state index is 12.0. The summed E-state index contributed by atoms with van der Waals surface area (Å²) in [4.78, 5) is 35.9. The van der Waals surface area contributed by atoms with Crippen molar-refractivity contribution in [2.24, 2.45) is 0 Å². The van der Waals surface area contributed by atoms with Crippen LogP contribution in [-0.4, -0.2) is 42.4 Å². The van der Waals surface area contributed by atoms with Crippen LogP contribution in [0.5, 0.6) is 0 Å². The lowest BCUT2D eigenvalue weighted by Crippen LogP contribution is -2.40. The Morgan fingerprint density at radius 3 is 2.63 bits per heavy atom. The largest absolute Gasteiger partial charge is 0.358 e. The van der Waals surface area contributed by atoms with Gasteiger partial charge in [0.1, 0.15) is 12.6 Å². The zero-order valence-electron chi connectivity index (χ0n) is 10.6. The van der Waals surface area contributed by atoms with Gasteiger partial charge in [0.2, 0.25) is 5.91 Å². The average Bonchev–Trinajstić information content (AvgIpc) is 2.67. The molecule has 1 aromatic rings. The van der Waals surface area contributed by atoms with Crippen LogP contribution in [0.3, 0.4) is 0 Å². The van der Waals surface area contributed by atoms with E-state index < -0.39 is 12.1 Å². The fourth-order valence-electron chi connectivity index (χ4n) is 1.94. The van der Waals surface area contributed by atoms with Crippen LogP contribution in [0, 0.1) is 0 Å². The van der Waals surface area contributed by atoms with E-state index in [0.717, 1.165) is 10.5 Å². The minimum atomic E-state index is -0.598. The van der Waals surface area contributed by atoms with Crippen LogP contribution >= 0.6 is 0 Å². The van der Waals surface area contributed by atoms with Gasteiger partial charge < -0.3 is 10.6 Å². The van der Waals surface area contributed by atoms with Crippen molar-refractivity contribution < 1.29 is 14.4 Å². The van der Waals surface area contributed by atoms with Gasteiger partial charge in [-0.1, -0.05) is 30.3 Å². The number of hydrogen-bond donors (Lipinski definition) is 2. The van der Waals surface area contributed by atoms with Gasteiger partial charge in [0.05, 0.1) is 0 Å². The van der Waals surface area contributed by atoms with Gasteiger partial charge in [0.25, 0.3) is 5.91 Å². The summed E-state index contributed by atoms with van der Waals surface area (Å²) in [6, 6.07) is 8.30. The minimum absolute atomic E-state index is 0.244. The third kappa shape index (κ3) is 2.90. The summed E-state index contributed by atoms with van der Waals surface area (Å²) >= 11 is 0. The standard InChI is InChI=1S/C13H15N3O3/c1-14-11(17)8-16-12(18)10(15-13(16)19)7-9-5-3-2-4-6-9/h2-6,10H,7-8H2,1H3,(H,14,17)(H,15,19). The number of nitrogens with one attached hydrogen (secondary N) is 2. The quantitative estimate of drug-likeness (QED) is 0.743. The molecule has 2 N–H and O–H groups in total. The Bertz CT molecular complexity index is 501. The Morgan fingerprint density at radius 1 is 1.32 bits per heavy atom. The molecule has 1 aliphatic rings. The number of carbonyl (C=O) groups is 3. The number of amides is 4. The van der Waals surface area contributed by atoms with E-state index in [1.807, 2.05) is 30.3 Å². The molecule has 2 rings (SSSR count). The molecule has 19 heavy (non-hydrogen) atoms. The van der Waals surface area contributed by atoms with Gasteiger partial charge in [0.15, 0.2) is 0 Å². The Morgan fingerprint density at radius 2 is 2.00 bits per heavy atom. The molecule has 0 saturated carbocycles. The third-order valence-corrected chi connectivity index (χ3v) is 2.97. The third-order valence-electron chi connectivity index (χ3n) is 2.97. The highest BCUT2D eigenvalue weighted by Gasteiger charge is 2.38. The van der Waals surface area contributed by atoms with Gasteiger partial charge in [-0.25, -0.2) is 4.79 Å². The Hall–Kier alpha value is -2.37. The predicted molar refractivity (Wildman–Crippen MR) is 68.2 cm³/mol. The molecule has 1 aromatic carbocycles. The Kier molecular flexibility index (Phi) is 3.79. The summed E-state index contributed by atoms with van der Waals surface area (Å²) in [5.74, 6) is -0.735. The molecule has 1 heterocycles. The molecule has 6 heteroatoms. The molecule has 1 fully saturated rings. The summed E-state index contributed by atoms with van der Waals surface area (Å²) < 4.78 is 0. The lowest BCUT2D eigenvalue weighted by Gasteiger charge is -2.11. The fraction of sp³-hybridized carbons (Fsp3) is 0.308. The summed E-state index contributed by atoms with van der Waals surface area (Å²) in [7, 11) is 1.46. The molecule has 0 radical (unpaired) electrons. The van der Waals surface area contributed by atoms with Crippen LogP contribution in [0.2, 0.25) is 0 Å². The van der Waals surface area contributed by atoms with Crippen molar-refractivity contribution in [1.29, 1.82) is 0 Å². The van der Waals surface area contributed by atoms with Gasteiger partial charge in [-0.05, 0) is 5.56 Å². The van der Waals surface area contributed by atoms with Gasteiger partial charge in [0, 0.05) is 13.5 Å². The van der Waals surface area contributed by atoms with E-state index in [9.17, 15) is 14.4 Å². The topological polar surface area (TPSA) is 78.5 Å². The highest BCUT2D eigenvalue weighted by Crippen LogP contribution is 2.11. The molecule has 1 aliphatic heterocycles. The lowest BCUT2D eigenvalue weighted by atomic mass is 10.1. The Labute approximate surface area is 110 Å². The van der Waals surface area contributed by atoms with Crippen molar-refractivity contribution in [2.45, 2.75) is 12.5 Å². The smallest absolute Gasteiger partial charge is 0.325 e. The molecule has 6 nitrogen and oxygen atoms in total. The van der Waals surface area contributed by atoms with Crippen LogP contribution in [0.4, 0.5) is 4.79 Å². The molecule has 4 amide bonds. The number of hydrogen-bond acceptors (Lipinski definition) is 3. The zero-order valence-corrected chi connectivity index (χ0v) is 10.6. The van der Waals surface area contributed by atoms with Crippen LogP contribution in [-0.2, 0) is 16.0 Å². The van der Waals surface area contributed by atoms with Crippen molar-refractivity contribution in [3.05, 3.63) is 35.9 Å². The first-order valence-electron chi connectivity index (χ1n) is 5.98. The van der Waals surface area contributed by atoms with Gasteiger partial charge in [-0.3, -0.25) is 14.5 Å². The van der Waals surface area contributed by atoms with Gasteiger partial charge in [-0.2, -0.15) is 0 Å². The molecule has 1 unspecified atom stereocenters. The van der Waals surface area contributed by atoms with Gasteiger partial charge in [-0.15, -0.1) is 0 Å². The maximum atomic E-state index is 12.0. The second-order valence-corrected chi connectivity index (χ2v) is 4.29. The van der Waals surface area contributed by atoms with Crippen molar-refractivity contribution in [1.82, 2.24) is 15.5 Å². The van der Waals surface area contributed by atoms with E-state index in [0.29, 0.717) is 6.42 Å². The number of urea groups is 1. The number of benzene rings is 1. The second kappa shape index (κ2) is 5.51. The number of likely N-dealkylation sites (N-methyl/N-ethyl adjacent to an activating group) is 1. The highest BCUT2D eigenvalue weighted by atomic mass is 16.2. The number of carbonyl (C=O) groups excluding carboxylic acids is 3. The van der Waals surface area contributed by atoms with Crippen LogP contribution in [0.15, 0.2) is 30.3 Å². The van der Waals surface area contributed by atoms with Gasteiger partial charge >= 0.3 is 6.03 Å². The van der Waals surface area contributed by atoms with E-state index in [2.05, 4.69) is 10.6 Å². The summed E-state index contributed by atoms with van der Waals surface area (Å²) in [6.45, 7) is -0.244. The van der Waals surface area contributed by atoms with Crippen LogP contribution in [0.25, 0.3) is 0 Å². The Balaban J connectivity index is 2.04. The van der Waals surface area contributed by atoms with Crippen LogP contribution in [0.1, 0.15) is 5.56 Å². The number of imide groups is 1. The predicted octanol–water partition coefficient (Wildman–Crippen LogP) is -0.104. The maximum Gasteiger partial charge on any atom is 0.325 e. The molecule has 100 valence electrons. The second-order valence-electron chi connectivity index (χ2n) is 4.29. The lowest BCUT2D eigenvalue weighted by molar-refractivity contribution is -0.132. The summed E-state index contributed by atoms with van der Waals surface area (Å²) in [5.41, 5.74) is 0.961. The van der Waals surface area contributed by atoms with Crippen molar-refractivity contribution in [3.8, 4) is 0 Å². The molecule has 1 saturated heterocycles. The molecular weight excluding hydrogens is 246 g/mol. The first kappa shape index (κ1) is 13.1. The molecular formula is C13H15N3O3. The van der Waals surface area contributed by atoms with E-state index in [1.54, 1.807) is 0 Å². The van der Waals surface area contributed by atoms with Crippen LogP contribution < -0.4 is 10.6 Å². The summed E-state index contributed by atoms with van der Waals surface area (Å²) in [5, 5.41) is 4.97. The minimum Gasteiger partial charge on any atom is -0.358 e. The van der Waals surface area contributed by atoms with Crippen molar-refractivity contribution in [2.75, 3.05) is 13.6 Å². The van der Waals surface area contributed by atoms with Crippen molar-refractivity contribution in [3.63, 3.8) is 0 Å². The van der Waals surface area contributed by atoms with E-state index >= 15 is 0 Å². The number of rotatable bonds is 4. The van der Waals surface area contributed by atoms with Crippen molar-refractivity contribution >= 4 is 17.8 Å². The molecule has 0 aromatic heterocycles. The molecule has 0 bridgehead atoms. The number of nitrogens with zero attached hydrogens (tertiary/aromatic N) is 1. The molecule has 0 spiro atoms. The summed E-state index contributed by atoms with van der Waals surface area (Å²) in [6.07, 6.45) is 0.426. The zero-order chi connectivity index (χ0) is 13.8. The molecule has 0 aliphatic carbocycles. The van der Waals surface area contributed by atoms with E-state index in [1.165, 1.54) is 7.05 Å². The van der Waals surface area contributed by atoms with E-state index in [4.69, 9.17) is 0 Å². The highest BCUT2D eigenvalue weighted by molar-refractivity contribution is 6.06. The fourth-order valence-corrected chi connectivity index (χ4v) is 1.94. The SMILES string of the molecule is CNC(=O)CN1C(=O)NC(Cc2ccccc2)C1=O. The molecule has 1 atom stereocenters. The normalized spacial score (nSPS) is 18.4. The average molecular weight is 261 g/mol. The van der Waals surface area contributed by atoms with E-state index in [-0.39, 0.29) is 18.4 Å². The first-order chi connectivity index (χ1) is 9.11. The monoisotopic (exact) mass is 261 g/mol. The first-order valence-corrected chi connectivity index (χ1v) is 5.98.